The summed E-state index contributed by atoms with van der Waals surface area (Å²) in [5.74, 6) is 0.307. The van der Waals surface area contributed by atoms with Crippen molar-refractivity contribution in [1.82, 2.24) is 14.8 Å². The Morgan fingerprint density at radius 2 is 1.61 bits per heavy atom. The molecule has 5 rings (SSSR count). The quantitative estimate of drug-likeness (QED) is 0.353. The van der Waals surface area contributed by atoms with Crippen LogP contribution in [0, 0.1) is 6.92 Å². The molecule has 3 N–H and O–H groups in total. The molecule has 33 heavy (non-hydrogen) atoms. The van der Waals surface area contributed by atoms with E-state index in [-0.39, 0.29) is 5.91 Å². The minimum atomic E-state index is -0.185. The molecule has 0 fully saturated rings. The van der Waals surface area contributed by atoms with Gasteiger partial charge < -0.3 is 11.1 Å². The Bertz CT molecular complexity index is 1410. The third kappa shape index (κ3) is 4.14. The molecule has 5 aromatic rings. The molecule has 162 valence electrons. The molecule has 0 unspecified atom stereocenters. The number of benzene rings is 3. The van der Waals surface area contributed by atoms with Crippen molar-refractivity contribution in [3.63, 3.8) is 0 Å². The first-order valence-electron chi connectivity index (χ1n) is 10.4. The average Bonchev–Trinajstić information content (AvgIpc) is 3.44. The van der Waals surface area contributed by atoms with Crippen LogP contribution in [-0.4, -0.2) is 20.7 Å². The number of thiazole rings is 1. The van der Waals surface area contributed by atoms with Crippen LogP contribution in [0.1, 0.15) is 15.9 Å². The second-order valence-corrected chi connectivity index (χ2v) is 8.57. The first kappa shape index (κ1) is 20.7. The van der Waals surface area contributed by atoms with Crippen molar-refractivity contribution >= 4 is 28.1 Å². The topological polar surface area (TPSA) is 85.8 Å². The maximum Gasteiger partial charge on any atom is 0.256 e. The predicted octanol–water partition coefficient (Wildman–Crippen LogP) is 5.81. The second kappa shape index (κ2) is 8.72. The van der Waals surface area contributed by atoms with E-state index in [1.807, 2.05) is 91.9 Å². The highest BCUT2D eigenvalue weighted by molar-refractivity contribution is 7.19. The smallest absolute Gasteiger partial charge is 0.256 e. The van der Waals surface area contributed by atoms with Crippen molar-refractivity contribution in [3.05, 3.63) is 102 Å². The van der Waals surface area contributed by atoms with Gasteiger partial charge in [-0.3, -0.25) is 4.79 Å². The summed E-state index contributed by atoms with van der Waals surface area (Å²) in [6, 6.07) is 27.0. The zero-order valence-electron chi connectivity index (χ0n) is 17.9. The van der Waals surface area contributed by atoms with Crippen molar-refractivity contribution in [1.29, 1.82) is 0 Å². The molecule has 0 saturated carbocycles. The number of nitrogen functional groups attached to an aromatic ring is 1. The molecule has 0 radical (unpaired) electrons. The number of para-hydroxylation sites is 1. The van der Waals surface area contributed by atoms with Crippen LogP contribution in [0.3, 0.4) is 0 Å². The van der Waals surface area contributed by atoms with E-state index in [0.717, 1.165) is 22.4 Å². The highest BCUT2D eigenvalue weighted by Crippen LogP contribution is 2.40. The minimum absolute atomic E-state index is 0.185. The molecule has 3 aromatic carbocycles. The number of carbonyl (C=O) groups excluding carboxylic acids is 1. The number of hydrogen-bond donors (Lipinski definition) is 2. The summed E-state index contributed by atoms with van der Waals surface area (Å²) < 4.78 is 1.68. The molecular weight excluding hydrogens is 430 g/mol. The first-order valence-corrected chi connectivity index (χ1v) is 11.3. The summed E-state index contributed by atoms with van der Waals surface area (Å²) in [4.78, 5) is 17.8. The Balaban J connectivity index is 1.55. The number of nitrogens with two attached hydrogens (primary N) is 1. The first-order chi connectivity index (χ1) is 16.1. The number of carbonyl (C=O) groups is 1. The monoisotopic (exact) mass is 451 g/mol. The van der Waals surface area contributed by atoms with E-state index in [2.05, 4.69) is 10.4 Å². The molecule has 1 amide bonds. The molecule has 0 aliphatic rings. The van der Waals surface area contributed by atoms with Gasteiger partial charge in [-0.05, 0) is 31.2 Å². The zero-order chi connectivity index (χ0) is 22.8. The van der Waals surface area contributed by atoms with Crippen molar-refractivity contribution in [3.8, 4) is 27.5 Å². The standard InChI is InChI=1S/C26H21N5OS/c1-17-12-14-19(15-13-17)24(32)30-26-22(18-8-4-2-5-9-18)29-25(33-26)21-16-28-31(23(21)27)20-10-6-3-7-11-20/h2-16H,27H2,1H3,(H,30,32). The van der Waals surface area contributed by atoms with Gasteiger partial charge in [-0.1, -0.05) is 77.6 Å². The second-order valence-electron chi connectivity index (χ2n) is 7.57. The molecule has 0 aliphatic carbocycles. The summed E-state index contributed by atoms with van der Waals surface area (Å²) >= 11 is 1.38. The van der Waals surface area contributed by atoms with Crippen LogP contribution in [0.5, 0.6) is 0 Å². The van der Waals surface area contributed by atoms with E-state index < -0.39 is 0 Å². The van der Waals surface area contributed by atoms with Crippen LogP contribution in [0.4, 0.5) is 10.8 Å². The van der Waals surface area contributed by atoms with Crippen LogP contribution in [0.15, 0.2) is 91.1 Å². The molecule has 0 bridgehead atoms. The minimum Gasteiger partial charge on any atom is -0.383 e. The molecule has 7 heteroatoms. The lowest BCUT2D eigenvalue weighted by molar-refractivity contribution is 0.102. The number of nitrogens with zero attached hydrogens (tertiary/aromatic N) is 3. The van der Waals surface area contributed by atoms with Gasteiger partial charge in [-0.15, -0.1) is 0 Å². The number of anilines is 2. The Hall–Kier alpha value is -4.23. The van der Waals surface area contributed by atoms with Gasteiger partial charge in [0, 0.05) is 11.1 Å². The Labute approximate surface area is 195 Å². The number of rotatable bonds is 5. The molecule has 6 nitrogen and oxygen atoms in total. The van der Waals surface area contributed by atoms with Gasteiger partial charge in [0.2, 0.25) is 0 Å². The zero-order valence-corrected chi connectivity index (χ0v) is 18.7. The summed E-state index contributed by atoms with van der Waals surface area (Å²) in [5.41, 5.74) is 11.3. The highest BCUT2D eigenvalue weighted by atomic mass is 32.1. The number of hydrogen-bond acceptors (Lipinski definition) is 5. The number of aromatic nitrogens is 3. The highest BCUT2D eigenvalue weighted by Gasteiger charge is 2.20. The third-order valence-corrected chi connectivity index (χ3v) is 6.26. The fourth-order valence-electron chi connectivity index (χ4n) is 3.49. The van der Waals surface area contributed by atoms with Gasteiger partial charge in [0.05, 0.1) is 17.4 Å². The van der Waals surface area contributed by atoms with E-state index in [9.17, 15) is 4.79 Å². The molecule has 0 atom stereocenters. The van der Waals surface area contributed by atoms with E-state index in [0.29, 0.717) is 27.1 Å². The Morgan fingerprint density at radius 3 is 2.30 bits per heavy atom. The van der Waals surface area contributed by atoms with Gasteiger partial charge in [-0.25, -0.2) is 9.67 Å². The van der Waals surface area contributed by atoms with Gasteiger partial charge in [0.25, 0.3) is 5.91 Å². The van der Waals surface area contributed by atoms with E-state index in [1.54, 1.807) is 10.9 Å². The van der Waals surface area contributed by atoms with Crippen molar-refractivity contribution in [2.75, 3.05) is 11.1 Å². The van der Waals surface area contributed by atoms with E-state index in [4.69, 9.17) is 10.7 Å². The van der Waals surface area contributed by atoms with Crippen molar-refractivity contribution in [2.45, 2.75) is 6.92 Å². The molecule has 0 aliphatic heterocycles. The summed E-state index contributed by atoms with van der Waals surface area (Å²) in [6.07, 6.45) is 1.71. The lowest BCUT2D eigenvalue weighted by Crippen LogP contribution is -2.11. The fourth-order valence-corrected chi connectivity index (χ4v) is 4.49. The predicted molar refractivity (Wildman–Crippen MR) is 134 cm³/mol. The fraction of sp³-hybridized carbons (Fsp3) is 0.0385. The van der Waals surface area contributed by atoms with Crippen molar-refractivity contribution < 1.29 is 4.79 Å². The maximum absolute atomic E-state index is 12.9. The van der Waals surface area contributed by atoms with Crippen LogP contribution in [-0.2, 0) is 0 Å². The lowest BCUT2D eigenvalue weighted by Gasteiger charge is -2.05. The summed E-state index contributed by atoms with van der Waals surface area (Å²) in [6.45, 7) is 1.99. The number of amides is 1. The Kier molecular flexibility index (Phi) is 5.46. The van der Waals surface area contributed by atoms with Crippen LogP contribution >= 0.6 is 11.3 Å². The largest absolute Gasteiger partial charge is 0.383 e. The Morgan fingerprint density at radius 1 is 0.939 bits per heavy atom. The lowest BCUT2D eigenvalue weighted by atomic mass is 10.1. The maximum atomic E-state index is 12.9. The summed E-state index contributed by atoms with van der Waals surface area (Å²) in [7, 11) is 0. The van der Waals surface area contributed by atoms with Crippen LogP contribution < -0.4 is 11.1 Å². The van der Waals surface area contributed by atoms with Gasteiger partial charge in [0.1, 0.15) is 21.5 Å². The molecule has 0 spiro atoms. The summed E-state index contributed by atoms with van der Waals surface area (Å²) in [5, 5.41) is 8.85. The molecule has 2 aromatic heterocycles. The van der Waals surface area contributed by atoms with Crippen LogP contribution in [0.2, 0.25) is 0 Å². The normalized spacial score (nSPS) is 10.8. The molecular formula is C26H21N5OS. The van der Waals surface area contributed by atoms with Gasteiger partial charge in [-0.2, -0.15) is 5.10 Å². The van der Waals surface area contributed by atoms with Gasteiger partial charge in [0.15, 0.2) is 0 Å². The molecule has 2 heterocycles. The van der Waals surface area contributed by atoms with Crippen LogP contribution in [0.25, 0.3) is 27.5 Å². The number of aryl methyl sites for hydroxylation is 1. The van der Waals surface area contributed by atoms with Crippen molar-refractivity contribution in [2.24, 2.45) is 0 Å². The van der Waals surface area contributed by atoms with Gasteiger partial charge >= 0.3 is 0 Å². The SMILES string of the molecule is Cc1ccc(C(=O)Nc2sc(-c3cnn(-c4ccccc4)c3N)nc2-c2ccccc2)cc1. The van der Waals surface area contributed by atoms with E-state index >= 15 is 0 Å². The molecule has 0 saturated heterocycles. The van der Waals surface area contributed by atoms with E-state index in [1.165, 1.54) is 11.3 Å². The third-order valence-electron chi connectivity index (χ3n) is 5.25. The number of nitrogens with one attached hydrogen (secondary N) is 1. The average molecular weight is 452 g/mol.